The first-order chi connectivity index (χ1) is 18.8. The molecule has 3 aromatic rings. The molecule has 1 fully saturated rings. The minimum atomic E-state index is -1.19. The summed E-state index contributed by atoms with van der Waals surface area (Å²) >= 11 is 0. The molecule has 1 atom stereocenters. The van der Waals surface area contributed by atoms with Gasteiger partial charge in [0, 0.05) is 48.6 Å². The van der Waals surface area contributed by atoms with Crippen molar-refractivity contribution in [1.82, 2.24) is 9.97 Å². The standard InChI is InChI=1S/C32H40FN3O4/c1-21-27(29(30(37)38)40-31(2,3)4)28(36-17-15-32(5,6)16-18-36)24(20-34-21)25-8-7-9-26(35-25)39-19-14-22-10-12-23(33)13-11-22/h7-13,20,29H,14-19H2,1-6H3,(H,37,38). The Morgan fingerprint density at radius 2 is 1.80 bits per heavy atom. The van der Waals surface area contributed by atoms with E-state index in [0.29, 0.717) is 35.9 Å². The molecule has 1 unspecified atom stereocenters. The van der Waals surface area contributed by atoms with Gasteiger partial charge in [0.2, 0.25) is 5.88 Å². The SMILES string of the molecule is Cc1ncc(-c2cccc(OCCc3ccc(F)cc3)n2)c(N2CCC(C)(C)CC2)c1C(OC(C)(C)C)C(=O)O. The number of aryl methyl sites for hydroxylation is 1. The molecular weight excluding hydrogens is 509 g/mol. The van der Waals surface area contributed by atoms with Crippen LogP contribution in [0.25, 0.3) is 11.3 Å². The molecule has 1 saturated heterocycles. The van der Waals surface area contributed by atoms with Crippen LogP contribution in [-0.4, -0.2) is 46.3 Å². The Hall–Kier alpha value is -3.52. The van der Waals surface area contributed by atoms with Gasteiger partial charge in [-0.2, -0.15) is 0 Å². The van der Waals surface area contributed by atoms with Crippen LogP contribution in [0.15, 0.2) is 48.7 Å². The van der Waals surface area contributed by atoms with E-state index in [0.717, 1.165) is 42.7 Å². The van der Waals surface area contributed by atoms with Crippen molar-refractivity contribution in [2.45, 2.75) is 72.5 Å². The summed E-state index contributed by atoms with van der Waals surface area (Å²) in [6.07, 6.45) is 3.15. The first-order valence-electron chi connectivity index (χ1n) is 13.8. The van der Waals surface area contributed by atoms with Crippen LogP contribution in [0.3, 0.4) is 0 Å². The number of rotatable bonds is 9. The predicted molar refractivity (Wildman–Crippen MR) is 154 cm³/mol. The molecule has 7 nitrogen and oxygen atoms in total. The zero-order valence-corrected chi connectivity index (χ0v) is 24.3. The van der Waals surface area contributed by atoms with Crippen molar-refractivity contribution in [2.24, 2.45) is 5.41 Å². The number of hydrogen-bond donors (Lipinski definition) is 1. The molecule has 1 N–H and O–H groups in total. The van der Waals surface area contributed by atoms with Gasteiger partial charge in [-0.05, 0) is 69.7 Å². The van der Waals surface area contributed by atoms with Crippen LogP contribution >= 0.6 is 0 Å². The lowest BCUT2D eigenvalue weighted by Crippen LogP contribution is -2.39. The molecule has 1 aliphatic rings. The molecule has 40 heavy (non-hydrogen) atoms. The molecule has 0 bridgehead atoms. The second kappa shape index (κ2) is 11.9. The number of carboxylic acid groups (broad SMARTS) is 1. The van der Waals surface area contributed by atoms with E-state index >= 15 is 0 Å². The Labute approximate surface area is 236 Å². The second-order valence-electron chi connectivity index (χ2n) is 12.2. The molecule has 3 heterocycles. The normalized spacial score (nSPS) is 16.0. The summed E-state index contributed by atoms with van der Waals surface area (Å²) in [4.78, 5) is 24.3. The van der Waals surface area contributed by atoms with E-state index in [4.69, 9.17) is 14.5 Å². The van der Waals surface area contributed by atoms with Crippen molar-refractivity contribution < 1.29 is 23.8 Å². The van der Waals surface area contributed by atoms with Crippen LogP contribution in [0.1, 0.15) is 70.4 Å². The molecule has 0 amide bonds. The minimum absolute atomic E-state index is 0.212. The quantitative estimate of drug-likeness (QED) is 0.315. The van der Waals surface area contributed by atoms with Crippen LogP contribution in [0.4, 0.5) is 10.1 Å². The van der Waals surface area contributed by atoms with Crippen molar-refractivity contribution in [2.75, 3.05) is 24.6 Å². The van der Waals surface area contributed by atoms with E-state index in [2.05, 4.69) is 23.7 Å². The first-order valence-corrected chi connectivity index (χ1v) is 13.8. The fourth-order valence-corrected chi connectivity index (χ4v) is 4.94. The Morgan fingerprint density at radius 1 is 1.12 bits per heavy atom. The lowest BCUT2D eigenvalue weighted by atomic mass is 9.82. The van der Waals surface area contributed by atoms with Crippen molar-refractivity contribution in [3.05, 3.63) is 71.3 Å². The molecule has 0 aliphatic carbocycles. The minimum Gasteiger partial charge on any atom is -0.479 e. The number of pyridine rings is 2. The molecule has 1 aromatic carbocycles. The average molecular weight is 550 g/mol. The number of benzene rings is 1. The number of nitrogens with zero attached hydrogens (tertiary/aromatic N) is 3. The lowest BCUT2D eigenvalue weighted by Gasteiger charge is -2.40. The fraction of sp³-hybridized carbons (Fsp3) is 0.469. The number of aromatic nitrogens is 2. The Morgan fingerprint density at radius 3 is 2.42 bits per heavy atom. The third kappa shape index (κ3) is 7.36. The number of halogens is 1. The average Bonchev–Trinajstić information content (AvgIpc) is 2.88. The predicted octanol–water partition coefficient (Wildman–Crippen LogP) is 6.78. The summed E-state index contributed by atoms with van der Waals surface area (Å²) in [6.45, 7) is 13.9. The molecule has 8 heteroatoms. The zero-order valence-electron chi connectivity index (χ0n) is 24.3. The Kier molecular flexibility index (Phi) is 8.78. The van der Waals surface area contributed by atoms with Crippen molar-refractivity contribution in [1.29, 1.82) is 0 Å². The summed E-state index contributed by atoms with van der Waals surface area (Å²) in [6, 6.07) is 11.9. The monoisotopic (exact) mass is 549 g/mol. The van der Waals surface area contributed by atoms with Crippen LogP contribution < -0.4 is 9.64 Å². The highest BCUT2D eigenvalue weighted by atomic mass is 19.1. The third-order valence-corrected chi connectivity index (χ3v) is 7.23. The topological polar surface area (TPSA) is 84.8 Å². The number of carbonyl (C=O) groups is 1. The highest BCUT2D eigenvalue weighted by molar-refractivity contribution is 5.85. The van der Waals surface area contributed by atoms with Crippen LogP contribution in [0, 0.1) is 18.2 Å². The van der Waals surface area contributed by atoms with Crippen LogP contribution in [-0.2, 0) is 16.0 Å². The van der Waals surface area contributed by atoms with Crippen molar-refractivity contribution in [3.63, 3.8) is 0 Å². The van der Waals surface area contributed by atoms with Gasteiger partial charge in [-0.15, -0.1) is 0 Å². The largest absolute Gasteiger partial charge is 0.479 e. The van der Waals surface area contributed by atoms with Crippen molar-refractivity contribution in [3.8, 4) is 17.1 Å². The fourth-order valence-electron chi connectivity index (χ4n) is 4.94. The van der Waals surface area contributed by atoms with E-state index in [1.807, 2.05) is 39.8 Å². The number of aliphatic carboxylic acids is 1. The third-order valence-electron chi connectivity index (χ3n) is 7.23. The molecule has 0 radical (unpaired) electrons. The smallest absolute Gasteiger partial charge is 0.337 e. The Balaban J connectivity index is 1.72. The van der Waals surface area contributed by atoms with Gasteiger partial charge in [0.05, 0.1) is 23.6 Å². The summed E-state index contributed by atoms with van der Waals surface area (Å²) in [5.41, 5.74) is 3.87. The molecule has 0 saturated carbocycles. The number of hydrogen-bond acceptors (Lipinski definition) is 6. The molecule has 4 rings (SSSR count). The van der Waals surface area contributed by atoms with E-state index in [1.54, 1.807) is 24.4 Å². The zero-order chi connectivity index (χ0) is 29.1. The summed E-state index contributed by atoms with van der Waals surface area (Å²) in [5.74, 6) is -0.870. The molecular formula is C32H40FN3O4. The number of anilines is 1. The van der Waals surface area contributed by atoms with Gasteiger partial charge < -0.3 is 19.5 Å². The Bertz CT molecular complexity index is 1320. The van der Waals surface area contributed by atoms with E-state index in [1.165, 1.54) is 12.1 Å². The lowest BCUT2D eigenvalue weighted by molar-refractivity contribution is -0.160. The summed E-state index contributed by atoms with van der Waals surface area (Å²) < 4.78 is 25.3. The molecule has 1 aliphatic heterocycles. The van der Waals surface area contributed by atoms with Gasteiger partial charge in [-0.1, -0.05) is 32.0 Å². The van der Waals surface area contributed by atoms with Crippen LogP contribution in [0.2, 0.25) is 0 Å². The van der Waals surface area contributed by atoms with Crippen LogP contribution in [0.5, 0.6) is 5.88 Å². The number of carboxylic acids is 1. The molecule has 2 aromatic heterocycles. The first kappa shape index (κ1) is 29.5. The van der Waals surface area contributed by atoms with Gasteiger partial charge in [-0.25, -0.2) is 14.2 Å². The van der Waals surface area contributed by atoms with Crippen molar-refractivity contribution >= 4 is 11.7 Å². The van der Waals surface area contributed by atoms with E-state index in [-0.39, 0.29) is 11.2 Å². The maximum Gasteiger partial charge on any atom is 0.337 e. The number of piperidine rings is 1. The van der Waals surface area contributed by atoms with Gasteiger partial charge >= 0.3 is 5.97 Å². The summed E-state index contributed by atoms with van der Waals surface area (Å²) in [5, 5.41) is 10.3. The maximum atomic E-state index is 13.2. The molecule has 0 spiro atoms. The molecule has 214 valence electrons. The maximum absolute atomic E-state index is 13.2. The summed E-state index contributed by atoms with van der Waals surface area (Å²) in [7, 11) is 0. The second-order valence-corrected chi connectivity index (χ2v) is 12.2. The van der Waals surface area contributed by atoms with Gasteiger partial charge in [0.1, 0.15) is 5.82 Å². The van der Waals surface area contributed by atoms with E-state index in [9.17, 15) is 14.3 Å². The highest BCUT2D eigenvalue weighted by Crippen LogP contribution is 2.43. The van der Waals surface area contributed by atoms with Gasteiger partial charge in [0.15, 0.2) is 6.10 Å². The highest BCUT2D eigenvalue weighted by Gasteiger charge is 2.36. The van der Waals surface area contributed by atoms with Gasteiger partial charge in [0.25, 0.3) is 0 Å². The van der Waals surface area contributed by atoms with E-state index < -0.39 is 17.7 Å². The number of ether oxygens (including phenoxy) is 2. The van der Waals surface area contributed by atoms with Gasteiger partial charge in [-0.3, -0.25) is 4.98 Å².